The zero-order valence-electron chi connectivity index (χ0n) is 20.2. The first-order valence-corrected chi connectivity index (χ1v) is 13.3. The van der Waals surface area contributed by atoms with Crippen molar-refractivity contribution in [1.29, 1.82) is 0 Å². The van der Waals surface area contributed by atoms with E-state index in [4.69, 9.17) is 5.11 Å². The molecule has 0 rings (SSSR count). The van der Waals surface area contributed by atoms with Crippen molar-refractivity contribution in [3.63, 3.8) is 0 Å². The van der Waals surface area contributed by atoms with Gasteiger partial charge in [0.1, 0.15) is 0 Å². The quantitative estimate of drug-likeness (QED) is 0.125. The molecule has 0 aromatic rings. The molecule has 176 valence electrons. The molecule has 0 fully saturated rings. The summed E-state index contributed by atoms with van der Waals surface area (Å²) in [5.41, 5.74) is 0. The molecule has 1 N–H and O–H groups in total. The van der Waals surface area contributed by atoms with Gasteiger partial charge in [0.25, 0.3) is 0 Å². The van der Waals surface area contributed by atoms with Crippen LogP contribution < -0.4 is 0 Å². The number of aliphatic carboxylic acids is 1. The average Bonchev–Trinajstić information content (AvgIpc) is 2.73. The van der Waals surface area contributed by atoms with Crippen LogP contribution in [0.25, 0.3) is 0 Å². The van der Waals surface area contributed by atoms with E-state index in [9.17, 15) is 4.79 Å². The first-order valence-electron chi connectivity index (χ1n) is 13.3. The molecule has 0 unspecified atom stereocenters. The molecule has 30 heavy (non-hydrogen) atoms. The van der Waals surface area contributed by atoms with Crippen molar-refractivity contribution in [2.45, 2.75) is 148 Å². The summed E-state index contributed by atoms with van der Waals surface area (Å²) < 4.78 is 0. The second-order valence-corrected chi connectivity index (χ2v) is 8.90. The monoisotopic (exact) mass is 420 g/mol. The summed E-state index contributed by atoms with van der Waals surface area (Å²) in [5.74, 6) is -0.694. The molecule has 0 bridgehead atoms. The Kier molecular flexibility index (Phi) is 25.1. The summed E-state index contributed by atoms with van der Waals surface area (Å²) in [6, 6.07) is 0. The number of carboxylic acid groups (broad SMARTS) is 1. The maximum atomic E-state index is 10.4. The van der Waals surface area contributed by atoms with Gasteiger partial charge in [0.2, 0.25) is 0 Å². The molecule has 2 nitrogen and oxygen atoms in total. The van der Waals surface area contributed by atoms with Gasteiger partial charge in [-0.25, -0.2) is 0 Å². The van der Waals surface area contributed by atoms with Crippen LogP contribution in [-0.2, 0) is 4.79 Å². The van der Waals surface area contributed by atoms with Crippen molar-refractivity contribution in [2.75, 3.05) is 0 Å². The van der Waals surface area contributed by atoms with Gasteiger partial charge in [0, 0.05) is 6.42 Å². The van der Waals surface area contributed by atoms with Gasteiger partial charge in [-0.05, 0) is 38.5 Å². The summed E-state index contributed by atoms with van der Waals surface area (Å²) in [6.07, 6.45) is 37.1. The number of unbranched alkanes of at least 4 members (excludes halogenated alkanes) is 18. The maximum absolute atomic E-state index is 10.4. The lowest BCUT2D eigenvalue weighted by atomic mass is 10.0. The normalized spacial score (nSPS) is 11.8. The highest BCUT2D eigenvalue weighted by Gasteiger charge is 1.95. The Morgan fingerprint density at radius 2 is 0.833 bits per heavy atom. The van der Waals surface area contributed by atoms with Gasteiger partial charge in [-0.3, -0.25) is 4.79 Å². The largest absolute Gasteiger partial charge is 0.481 e. The lowest BCUT2D eigenvalue weighted by molar-refractivity contribution is -0.137. The predicted molar refractivity (Wildman–Crippen MR) is 133 cm³/mol. The van der Waals surface area contributed by atoms with Gasteiger partial charge >= 0.3 is 5.97 Å². The van der Waals surface area contributed by atoms with Crippen LogP contribution in [0.15, 0.2) is 24.3 Å². The Morgan fingerprint density at radius 1 is 0.500 bits per heavy atom. The Hall–Kier alpha value is -1.05. The molecule has 0 spiro atoms. The topological polar surface area (TPSA) is 37.3 Å². The lowest BCUT2D eigenvalue weighted by Crippen LogP contribution is -1.92. The molecule has 0 aromatic heterocycles. The summed E-state index contributed by atoms with van der Waals surface area (Å²) in [5, 5.41) is 8.56. The van der Waals surface area contributed by atoms with Crippen LogP contribution in [0, 0.1) is 0 Å². The molecule has 0 radical (unpaired) electrons. The Labute approximate surface area is 188 Å². The SMILES string of the molecule is CCCCCCCCCCCCCCCCCC/C=C\CC/C=C\CCCC(=O)O. The molecular formula is C28H52O2. The Balaban J connectivity index is 3.13. The van der Waals surface area contributed by atoms with E-state index in [0.717, 1.165) is 25.7 Å². The molecule has 0 saturated carbocycles. The predicted octanol–water partition coefficient (Wildman–Crippen LogP) is 9.79. The first kappa shape index (κ1) is 28.9. The molecule has 0 atom stereocenters. The first-order chi connectivity index (χ1) is 14.8. The third kappa shape index (κ3) is 27.0. The summed E-state index contributed by atoms with van der Waals surface area (Å²) in [6.45, 7) is 2.29. The number of hydrogen-bond acceptors (Lipinski definition) is 1. The fourth-order valence-electron chi connectivity index (χ4n) is 3.85. The van der Waals surface area contributed by atoms with Crippen LogP contribution in [0.2, 0.25) is 0 Å². The highest BCUT2D eigenvalue weighted by Crippen LogP contribution is 2.14. The van der Waals surface area contributed by atoms with E-state index in [1.165, 1.54) is 109 Å². The minimum absolute atomic E-state index is 0.281. The molecule has 0 aliphatic rings. The molecule has 0 aliphatic heterocycles. The number of carbonyl (C=O) groups is 1. The Morgan fingerprint density at radius 3 is 1.23 bits per heavy atom. The van der Waals surface area contributed by atoms with E-state index < -0.39 is 5.97 Å². The number of carboxylic acids is 1. The number of allylic oxidation sites excluding steroid dienone is 4. The van der Waals surface area contributed by atoms with Gasteiger partial charge in [-0.15, -0.1) is 0 Å². The number of hydrogen-bond donors (Lipinski definition) is 1. The van der Waals surface area contributed by atoms with E-state index >= 15 is 0 Å². The minimum atomic E-state index is -0.694. The zero-order chi connectivity index (χ0) is 22.0. The summed E-state index contributed by atoms with van der Waals surface area (Å²) in [4.78, 5) is 10.4. The molecule has 0 aliphatic carbocycles. The van der Waals surface area contributed by atoms with Gasteiger partial charge in [0.05, 0.1) is 0 Å². The van der Waals surface area contributed by atoms with Crippen LogP contribution in [-0.4, -0.2) is 11.1 Å². The van der Waals surface area contributed by atoms with E-state index in [-0.39, 0.29) is 6.42 Å². The smallest absolute Gasteiger partial charge is 0.303 e. The van der Waals surface area contributed by atoms with Crippen molar-refractivity contribution >= 4 is 5.97 Å². The average molecular weight is 421 g/mol. The van der Waals surface area contributed by atoms with Crippen LogP contribution >= 0.6 is 0 Å². The fourth-order valence-corrected chi connectivity index (χ4v) is 3.85. The van der Waals surface area contributed by atoms with E-state index in [1.807, 2.05) is 0 Å². The Bertz CT molecular complexity index is 397. The molecule has 0 heterocycles. The second-order valence-electron chi connectivity index (χ2n) is 8.90. The molecule has 0 aromatic carbocycles. The van der Waals surface area contributed by atoms with Crippen LogP contribution in [0.1, 0.15) is 148 Å². The molecule has 2 heteroatoms. The van der Waals surface area contributed by atoms with E-state index in [2.05, 4.69) is 31.2 Å². The molecule has 0 saturated heterocycles. The standard InChI is InChI=1S/C28H52O2/c1-2-3-4-5-6-7-8-9-10-11-12-13-14-15-16-17-18-19-20-21-22-23-24-25-26-27-28(29)30/h19-20,23-24H,2-18,21-22,25-27H2,1H3,(H,29,30)/b20-19-,24-23-. The van der Waals surface area contributed by atoms with E-state index in [0.29, 0.717) is 0 Å². The zero-order valence-corrected chi connectivity index (χ0v) is 20.2. The molecule has 0 amide bonds. The second kappa shape index (κ2) is 26.0. The van der Waals surface area contributed by atoms with Gasteiger partial charge < -0.3 is 5.11 Å². The van der Waals surface area contributed by atoms with Crippen LogP contribution in [0.3, 0.4) is 0 Å². The van der Waals surface area contributed by atoms with Crippen molar-refractivity contribution in [3.8, 4) is 0 Å². The van der Waals surface area contributed by atoms with Crippen molar-refractivity contribution in [1.82, 2.24) is 0 Å². The molecular weight excluding hydrogens is 368 g/mol. The summed E-state index contributed by atoms with van der Waals surface area (Å²) >= 11 is 0. The number of rotatable bonds is 24. The van der Waals surface area contributed by atoms with Gasteiger partial charge in [-0.1, -0.05) is 128 Å². The highest BCUT2D eigenvalue weighted by atomic mass is 16.4. The van der Waals surface area contributed by atoms with Crippen molar-refractivity contribution < 1.29 is 9.90 Å². The van der Waals surface area contributed by atoms with Crippen molar-refractivity contribution in [2.24, 2.45) is 0 Å². The summed E-state index contributed by atoms with van der Waals surface area (Å²) in [7, 11) is 0. The van der Waals surface area contributed by atoms with Gasteiger partial charge in [-0.2, -0.15) is 0 Å². The van der Waals surface area contributed by atoms with E-state index in [1.54, 1.807) is 0 Å². The van der Waals surface area contributed by atoms with Gasteiger partial charge in [0.15, 0.2) is 0 Å². The third-order valence-corrected chi connectivity index (χ3v) is 5.82. The fraction of sp³-hybridized carbons (Fsp3) is 0.821. The van der Waals surface area contributed by atoms with Crippen LogP contribution in [0.5, 0.6) is 0 Å². The highest BCUT2D eigenvalue weighted by molar-refractivity contribution is 5.66. The minimum Gasteiger partial charge on any atom is -0.481 e. The third-order valence-electron chi connectivity index (χ3n) is 5.82. The maximum Gasteiger partial charge on any atom is 0.303 e. The van der Waals surface area contributed by atoms with Crippen molar-refractivity contribution in [3.05, 3.63) is 24.3 Å². The lowest BCUT2D eigenvalue weighted by Gasteiger charge is -2.03. The van der Waals surface area contributed by atoms with Crippen LogP contribution in [0.4, 0.5) is 0 Å².